The predicted molar refractivity (Wildman–Crippen MR) is 93.2 cm³/mol. The number of para-hydroxylation sites is 1. The molecule has 124 valence electrons. The number of hydrogen-bond donors (Lipinski definition) is 0. The number of ether oxygens (including phenoxy) is 1. The number of pyridine rings is 1. The van der Waals surface area contributed by atoms with Crippen molar-refractivity contribution in [3.05, 3.63) is 83.6 Å². The van der Waals surface area contributed by atoms with Gasteiger partial charge in [-0.3, -0.25) is 4.98 Å². The lowest BCUT2D eigenvalue weighted by Crippen LogP contribution is -2.33. The van der Waals surface area contributed by atoms with E-state index in [9.17, 15) is 0 Å². The van der Waals surface area contributed by atoms with Crippen molar-refractivity contribution in [2.24, 2.45) is 5.10 Å². The van der Waals surface area contributed by atoms with E-state index >= 15 is 0 Å². The first-order valence-corrected chi connectivity index (χ1v) is 8.38. The van der Waals surface area contributed by atoms with E-state index in [1.807, 2.05) is 54.4 Å². The topological polar surface area (TPSA) is 50.9 Å². The summed E-state index contributed by atoms with van der Waals surface area (Å²) in [6.45, 7) is 1.95. The maximum atomic E-state index is 6.28. The van der Waals surface area contributed by atoms with Crippen LogP contribution >= 0.6 is 0 Å². The van der Waals surface area contributed by atoms with Gasteiger partial charge < -0.3 is 9.15 Å². The van der Waals surface area contributed by atoms with Gasteiger partial charge in [-0.2, -0.15) is 5.10 Å². The van der Waals surface area contributed by atoms with Crippen LogP contribution in [-0.2, 0) is 0 Å². The van der Waals surface area contributed by atoms with E-state index in [4.69, 9.17) is 14.3 Å². The highest BCUT2D eigenvalue weighted by Gasteiger charge is 2.41. The van der Waals surface area contributed by atoms with Gasteiger partial charge in [-0.15, -0.1) is 0 Å². The minimum Gasteiger partial charge on any atom is -0.464 e. The quantitative estimate of drug-likeness (QED) is 0.705. The molecule has 0 spiro atoms. The van der Waals surface area contributed by atoms with Crippen LogP contribution in [0.1, 0.15) is 41.3 Å². The summed E-state index contributed by atoms with van der Waals surface area (Å²) >= 11 is 0. The van der Waals surface area contributed by atoms with Gasteiger partial charge in [-0.1, -0.05) is 18.2 Å². The second-order valence-electron chi connectivity index (χ2n) is 6.35. The van der Waals surface area contributed by atoms with E-state index in [-0.39, 0.29) is 12.3 Å². The zero-order chi connectivity index (χ0) is 16.8. The van der Waals surface area contributed by atoms with Crippen LogP contribution < -0.4 is 4.74 Å². The third kappa shape index (κ3) is 2.31. The van der Waals surface area contributed by atoms with Crippen LogP contribution in [0, 0.1) is 6.92 Å². The molecule has 4 heterocycles. The van der Waals surface area contributed by atoms with E-state index < -0.39 is 0 Å². The van der Waals surface area contributed by atoms with E-state index in [0.717, 1.165) is 40.5 Å². The van der Waals surface area contributed by atoms with E-state index in [1.54, 1.807) is 12.4 Å². The molecule has 25 heavy (non-hydrogen) atoms. The lowest BCUT2D eigenvalue weighted by Gasteiger charge is -2.38. The molecule has 0 saturated carbocycles. The number of nitrogens with zero attached hydrogens (tertiary/aromatic N) is 3. The number of rotatable bonds is 2. The molecule has 2 aliphatic rings. The Morgan fingerprint density at radius 1 is 1.04 bits per heavy atom. The molecule has 0 N–H and O–H groups in total. The summed E-state index contributed by atoms with van der Waals surface area (Å²) in [6.07, 6.45) is 4.10. The third-order valence-electron chi connectivity index (χ3n) is 4.72. The van der Waals surface area contributed by atoms with Gasteiger partial charge in [0.05, 0.1) is 6.04 Å². The summed E-state index contributed by atoms with van der Waals surface area (Å²) in [6, 6.07) is 16.2. The lowest BCUT2D eigenvalue weighted by molar-refractivity contribution is -0.0190. The Bertz CT molecular complexity index is 948. The normalized spacial score (nSPS) is 21.3. The second-order valence-corrected chi connectivity index (χ2v) is 6.35. The van der Waals surface area contributed by atoms with Crippen LogP contribution in [0.4, 0.5) is 0 Å². The van der Waals surface area contributed by atoms with Gasteiger partial charge >= 0.3 is 0 Å². The molecule has 2 aromatic heterocycles. The smallest absolute Gasteiger partial charge is 0.213 e. The highest BCUT2D eigenvalue weighted by Crippen LogP contribution is 2.47. The molecule has 0 aliphatic carbocycles. The van der Waals surface area contributed by atoms with Crippen LogP contribution in [-0.4, -0.2) is 15.7 Å². The summed E-state index contributed by atoms with van der Waals surface area (Å²) in [4.78, 5) is 4.11. The summed E-state index contributed by atoms with van der Waals surface area (Å²) in [5.41, 5.74) is 3.16. The maximum absolute atomic E-state index is 6.28. The predicted octanol–water partition coefficient (Wildman–Crippen LogP) is 4.23. The zero-order valence-electron chi connectivity index (χ0n) is 13.8. The molecule has 3 aromatic rings. The Balaban J connectivity index is 1.60. The molecule has 1 aromatic carbocycles. The molecular formula is C20H17N3O2. The van der Waals surface area contributed by atoms with E-state index in [0.29, 0.717) is 0 Å². The standard InChI is InChI=1S/C20H17N3O2/c1-13-6-7-19(24-13)16-12-17-15-4-2-3-5-18(15)25-20(23(17)22-16)14-8-10-21-11-9-14/h2-11,17,20H,12H2,1H3/t17-,20+/m0/s1. The molecule has 2 atom stereocenters. The van der Waals surface area contributed by atoms with Gasteiger partial charge in [0.1, 0.15) is 23.0 Å². The highest BCUT2D eigenvalue weighted by molar-refractivity contribution is 5.99. The number of fused-ring (bicyclic) bond motifs is 3. The van der Waals surface area contributed by atoms with Gasteiger partial charge in [0, 0.05) is 29.9 Å². The number of furan rings is 1. The summed E-state index contributed by atoms with van der Waals surface area (Å²) < 4.78 is 12.1. The number of benzene rings is 1. The molecular weight excluding hydrogens is 314 g/mol. The van der Waals surface area contributed by atoms with Gasteiger partial charge in [0.15, 0.2) is 0 Å². The Hall–Kier alpha value is -3.08. The Morgan fingerprint density at radius 2 is 1.88 bits per heavy atom. The van der Waals surface area contributed by atoms with Crippen LogP contribution in [0.5, 0.6) is 5.75 Å². The first-order chi connectivity index (χ1) is 12.3. The Morgan fingerprint density at radius 3 is 2.68 bits per heavy atom. The molecule has 5 heteroatoms. The highest BCUT2D eigenvalue weighted by atomic mass is 16.5. The van der Waals surface area contributed by atoms with Crippen molar-refractivity contribution < 1.29 is 9.15 Å². The van der Waals surface area contributed by atoms with E-state index in [1.165, 1.54) is 0 Å². The maximum Gasteiger partial charge on any atom is 0.213 e. The van der Waals surface area contributed by atoms with Crippen molar-refractivity contribution in [3.63, 3.8) is 0 Å². The SMILES string of the molecule is Cc1ccc(C2=NN3[C@@H](c4ccncc4)Oc4ccccc4[C@@H]3C2)o1. The summed E-state index contributed by atoms with van der Waals surface area (Å²) in [5, 5.41) is 6.91. The van der Waals surface area contributed by atoms with E-state index in [2.05, 4.69) is 11.1 Å². The van der Waals surface area contributed by atoms with Crippen molar-refractivity contribution in [2.45, 2.75) is 25.6 Å². The number of hydrogen-bond acceptors (Lipinski definition) is 5. The van der Waals surface area contributed by atoms with Gasteiger partial charge in [0.2, 0.25) is 6.23 Å². The average molecular weight is 331 g/mol. The first kappa shape index (κ1) is 14.3. The molecule has 2 aliphatic heterocycles. The fourth-order valence-electron chi connectivity index (χ4n) is 3.52. The molecule has 0 unspecified atom stereocenters. The van der Waals surface area contributed by atoms with Gasteiger partial charge in [0.25, 0.3) is 0 Å². The first-order valence-electron chi connectivity index (χ1n) is 8.38. The zero-order valence-corrected chi connectivity index (χ0v) is 13.8. The molecule has 0 amide bonds. The largest absolute Gasteiger partial charge is 0.464 e. The Kier molecular flexibility index (Phi) is 3.13. The number of aromatic nitrogens is 1. The van der Waals surface area contributed by atoms with Crippen LogP contribution in [0.25, 0.3) is 0 Å². The van der Waals surface area contributed by atoms with Crippen molar-refractivity contribution in [3.8, 4) is 5.75 Å². The molecule has 0 bridgehead atoms. The lowest BCUT2D eigenvalue weighted by atomic mass is 9.98. The fraction of sp³-hybridized carbons (Fsp3) is 0.200. The van der Waals surface area contributed by atoms with Crippen molar-refractivity contribution in [1.29, 1.82) is 0 Å². The molecule has 0 radical (unpaired) electrons. The average Bonchev–Trinajstić information content (AvgIpc) is 3.28. The van der Waals surface area contributed by atoms with Crippen molar-refractivity contribution in [2.75, 3.05) is 0 Å². The number of hydrazone groups is 1. The molecule has 0 fully saturated rings. The van der Waals surface area contributed by atoms with Gasteiger partial charge in [-0.05, 0) is 37.3 Å². The minimum atomic E-state index is -0.267. The number of aryl methyl sites for hydroxylation is 1. The van der Waals surface area contributed by atoms with Gasteiger partial charge in [-0.25, -0.2) is 5.01 Å². The summed E-state index contributed by atoms with van der Waals surface area (Å²) in [7, 11) is 0. The van der Waals surface area contributed by atoms with Crippen LogP contribution in [0.15, 0.2) is 70.4 Å². The molecule has 5 nitrogen and oxygen atoms in total. The minimum absolute atomic E-state index is 0.142. The second kappa shape index (κ2) is 5.48. The molecule has 5 rings (SSSR count). The third-order valence-corrected chi connectivity index (χ3v) is 4.72. The molecule has 0 saturated heterocycles. The van der Waals surface area contributed by atoms with Crippen LogP contribution in [0.2, 0.25) is 0 Å². The summed E-state index contributed by atoms with van der Waals surface area (Å²) in [5.74, 6) is 2.64. The van der Waals surface area contributed by atoms with Crippen molar-refractivity contribution in [1.82, 2.24) is 9.99 Å². The monoisotopic (exact) mass is 331 g/mol. The van der Waals surface area contributed by atoms with Crippen LogP contribution in [0.3, 0.4) is 0 Å². The fourth-order valence-corrected chi connectivity index (χ4v) is 3.52. The Labute approximate surface area is 145 Å². The van der Waals surface area contributed by atoms with Crippen molar-refractivity contribution >= 4 is 5.71 Å².